The molecular weight excluding hydrogens is 364 g/mol. The predicted molar refractivity (Wildman–Crippen MR) is 109 cm³/mol. The molecule has 0 aliphatic carbocycles. The molecule has 0 amide bonds. The molecule has 0 saturated carbocycles. The molecule has 0 fully saturated rings. The molecule has 1 N–H and O–H groups in total. The van der Waals surface area contributed by atoms with Gasteiger partial charge >= 0.3 is 0 Å². The van der Waals surface area contributed by atoms with Crippen molar-refractivity contribution in [3.05, 3.63) is 40.9 Å². The van der Waals surface area contributed by atoms with Gasteiger partial charge in [0.2, 0.25) is 0 Å². The molecule has 0 spiro atoms. The number of hydrogen-bond donors (Lipinski definition) is 1. The minimum absolute atomic E-state index is 0.480. The van der Waals surface area contributed by atoms with Crippen LogP contribution in [0.1, 0.15) is 31.4 Å². The summed E-state index contributed by atoms with van der Waals surface area (Å²) < 4.78 is 7.74. The Labute approximate surface area is 166 Å². The topological polar surface area (TPSA) is 67.6 Å². The van der Waals surface area contributed by atoms with Gasteiger partial charge in [-0.2, -0.15) is 0 Å². The molecule has 0 bridgehead atoms. The summed E-state index contributed by atoms with van der Waals surface area (Å²) in [5.74, 6) is 3.36. The third-order valence-corrected chi connectivity index (χ3v) is 4.49. The number of nitrogens with zero attached hydrogens (tertiary/aromatic N) is 5. The lowest BCUT2D eigenvalue weighted by Crippen LogP contribution is -2.41. The van der Waals surface area contributed by atoms with Crippen molar-refractivity contribution in [2.75, 3.05) is 26.7 Å². The van der Waals surface area contributed by atoms with Gasteiger partial charge in [-0.15, -0.1) is 10.2 Å². The Morgan fingerprint density at radius 2 is 2.04 bits per heavy atom. The van der Waals surface area contributed by atoms with Crippen LogP contribution in [0.25, 0.3) is 0 Å². The van der Waals surface area contributed by atoms with Crippen LogP contribution in [0.3, 0.4) is 0 Å². The van der Waals surface area contributed by atoms with Crippen LogP contribution in [0.4, 0.5) is 0 Å². The summed E-state index contributed by atoms with van der Waals surface area (Å²) in [6.45, 7) is 6.73. The van der Waals surface area contributed by atoms with Crippen LogP contribution >= 0.6 is 11.6 Å². The van der Waals surface area contributed by atoms with E-state index in [0.29, 0.717) is 24.7 Å². The highest BCUT2D eigenvalue weighted by atomic mass is 35.5. The van der Waals surface area contributed by atoms with Gasteiger partial charge in [0.1, 0.15) is 24.7 Å². The van der Waals surface area contributed by atoms with Crippen molar-refractivity contribution >= 4 is 17.6 Å². The molecule has 0 aliphatic rings. The highest BCUT2D eigenvalue weighted by Gasteiger charge is 2.09. The minimum atomic E-state index is 0.480. The zero-order valence-electron chi connectivity index (χ0n) is 16.6. The molecule has 7 nitrogen and oxygen atoms in total. The Bertz CT molecular complexity index is 728. The smallest absolute Gasteiger partial charge is 0.194 e. The van der Waals surface area contributed by atoms with E-state index >= 15 is 0 Å². The van der Waals surface area contributed by atoms with E-state index in [2.05, 4.69) is 27.3 Å². The Hall–Kier alpha value is -2.28. The highest BCUT2D eigenvalue weighted by molar-refractivity contribution is 6.30. The van der Waals surface area contributed by atoms with Crippen molar-refractivity contribution in [1.82, 2.24) is 25.0 Å². The number of benzene rings is 1. The maximum absolute atomic E-state index is 5.90. The number of aryl methyl sites for hydroxylation is 1. The predicted octanol–water partition coefficient (Wildman–Crippen LogP) is 3.03. The van der Waals surface area contributed by atoms with E-state index in [4.69, 9.17) is 21.3 Å². The van der Waals surface area contributed by atoms with E-state index in [-0.39, 0.29) is 0 Å². The fourth-order valence-corrected chi connectivity index (χ4v) is 2.49. The van der Waals surface area contributed by atoms with Crippen molar-refractivity contribution in [3.63, 3.8) is 0 Å². The zero-order chi connectivity index (χ0) is 19.6. The molecule has 0 aliphatic heterocycles. The van der Waals surface area contributed by atoms with E-state index in [1.54, 1.807) is 0 Å². The lowest BCUT2D eigenvalue weighted by Gasteiger charge is -2.22. The molecule has 0 atom stereocenters. The lowest BCUT2D eigenvalue weighted by atomic mass is 10.3. The van der Waals surface area contributed by atoms with Crippen molar-refractivity contribution in [3.8, 4) is 5.75 Å². The SMILES string of the molecule is CCCCNC(=NCc1nnc(C)n1C)N(C)CCOc1ccc(Cl)cc1. The molecule has 1 aromatic heterocycles. The summed E-state index contributed by atoms with van der Waals surface area (Å²) in [5, 5.41) is 12.4. The number of aromatic nitrogens is 3. The van der Waals surface area contributed by atoms with Crippen LogP contribution in [-0.4, -0.2) is 52.4 Å². The van der Waals surface area contributed by atoms with Crippen LogP contribution in [0.15, 0.2) is 29.3 Å². The van der Waals surface area contributed by atoms with E-state index in [0.717, 1.165) is 42.7 Å². The Kier molecular flexibility index (Phi) is 8.39. The summed E-state index contributed by atoms with van der Waals surface area (Å²) >= 11 is 5.90. The largest absolute Gasteiger partial charge is 0.492 e. The average molecular weight is 393 g/mol. The quantitative estimate of drug-likeness (QED) is 0.403. The number of ether oxygens (including phenoxy) is 1. The fourth-order valence-electron chi connectivity index (χ4n) is 2.36. The number of unbranched alkanes of at least 4 members (excludes halogenated alkanes) is 1. The van der Waals surface area contributed by atoms with Crippen molar-refractivity contribution in [1.29, 1.82) is 0 Å². The first-order valence-corrected chi connectivity index (χ1v) is 9.61. The number of guanidine groups is 1. The Balaban J connectivity index is 1.93. The number of likely N-dealkylation sites (N-methyl/N-ethyl adjacent to an activating group) is 1. The first-order valence-electron chi connectivity index (χ1n) is 9.24. The lowest BCUT2D eigenvalue weighted by molar-refractivity contribution is 0.281. The van der Waals surface area contributed by atoms with Gasteiger partial charge in [-0.25, -0.2) is 4.99 Å². The molecule has 2 aromatic rings. The van der Waals surface area contributed by atoms with Gasteiger partial charge in [0.05, 0.1) is 6.54 Å². The minimum Gasteiger partial charge on any atom is -0.492 e. The number of rotatable bonds is 9. The number of halogens is 1. The molecule has 8 heteroatoms. The van der Waals surface area contributed by atoms with Crippen molar-refractivity contribution in [2.45, 2.75) is 33.2 Å². The second-order valence-electron chi connectivity index (χ2n) is 6.37. The third kappa shape index (κ3) is 6.75. The van der Waals surface area contributed by atoms with Gasteiger partial charge < -0.3 is 19.5 Å². The van der Waals surface area contributed by atoms with Crippen LogP contribution < -0.4 is 10.1 Å². The Morgan fingerprint density at radius 1 is 1.30 bits per heavy atom. The summed E-state index contributed by atoms with van der Waals surface area (Å²) in [5.41, 5.74) is 0. The normalized spacial score (nSPS) is 11.5. The summed E-state index contributed by atoms with van der Waals surface area (Å²) in [4.78, 5) is 6.78. The van der Waals surface area contributed by atoms with E-state index in [1.807, 2.05) is 49.9 Å². The zero-order valence-corrected chi connectivity index (χ0v) is 17.3. The second kappa shape index (κ2) is 10.8. The third-order valence-electron chi connectivity index (χ3n) is 4.24. The van der Waals surface area contributed by atoms with Gasteiger partial charge in [-0.05, 0) is 37.6 Å². The summed E-state index contributed by atoms with van der Waals surface area (Å²) in [7, 11) is 3.96. The van der Waals surface area contributed by atoms with Crippen molar-refractivity contribution < 1.29 is 4.74 Å². The average Bonchev–Trinajstić information content (AvgIpc) is 2.98. The van der Waals surface area contributed by atoms with Crippen molar-refractivity contribution in [2.24, 2.45) is 12.0 Å². The van der Waals surface area contributed by atoms with Gasteiger partial charge in [-0.3, -0.25) is 0 Å². The molecule has 1 aromatic carbocycles. The van der Waals surface area contributed by atoms with Gasteiger partial charge in [0.25, 0.3) is 0 Å². The maximum atomic E-state index is 5.90. The first kappa shape index (κ1) is 21.0. The van der Waals surface area contributed by atoms with E-state index in [9.17, 15) is 0 Å². The fraction of sp³-hybridized carbons (Fsp3) is 0.526. The number of hydrogen-bond acceptors (Lipinski definition) is 4. The van der Waals surface area contributed by atoms with Crippen LogP contribution in [-0.2, 0) is 13.6 Å². The monoisotopic (exact) mass is 392 g/mol. The van der Waals surface area contributed by atoms with E-state index in [1.165, 1.54) is 0 Å². The highest BCUT2D eigenvalue weighted by Crippen LogP contribution is 2.15. The summed E-state index contributed by atoms with van der Waals surface area (Å²) in [6, 6.07) is 7.38. The number of nitrogens with one attached hydrogen (secondary N) is 1. The van der Waals surface area contributed by atoms with Crippen LogP contribution in [0, 0.1) is 6.92 Å². The molecule has 27 heavy (non-hydrogen) atoms. The standard InChI is InChI=1S/C19H29ClN6O/c1-5-6-11-21-19(22-14-18-24-23-15(2)26(18)4)25(3)12-13-27-17-9-7-16(20)8-10-17/h7-10H,5-6,11-14H2,1-4H3,(H,21,22). The van der Waals surface area contributed by atoms with Gasteiger partial charge in [0.15, 0.2) is 11.8 Å². The van der Waals surface area contributed by atoms with Crippen LogP contribution in [0.2, 0.25) is 5.02 Å². The maximum Gasteiger partial charge on any atom is 0.194 e. The van der Waals surface area contributed by atoms with Crippen LogP contribution in [0.5, 0.6) is 5.75 Å². The van der Waals surface area contributed by atoms with Gasteiger partial charge in [0, 0.05) is 25.7 Å². The molecular formula is C19H29ClN6O. The first-order chi connectivity index (χ1) is 13.0. The molecule has 2 rings (SSSR count). The Morgan fingerprint density at radius 3 is 2.67 bits per heavy atom. The molecule has 0 unspecified atom stereocenters. The van der Waals surface area contributed by atoms with E-state index < -0.39 is 0 Å². The molecule has 1 heterocycles. The second-order valence-corrected chi connectivity index (χ2v) is 6.80. The molecule has 148 valence electrons. The molecule has 0 radical (unpaired) electrons. The summed E-state index contributed by atoms with van der Waals surface area (Å²) in [6.07, 6.45) is 2.23. The molecule has 0 saturated heterocycles. The number of aliphatic imine (C=N–C) groups is 1. The van der Waals surface area contributed by atoms with Gasteiger partial charge in [-0.1, -0.05) is 24.9 Å².